The average Bonchev–Trinajstić information content (AvgIpc) is 3.66. The van der Waals surface area contributed by atoms with Gasteiger partial charge in [-0.25, -0.2) is 14.1 Å². The van der Waals surface area contributed by atoms with Crippen molar-refractivity contribution in [1.82, 2.24) is 39.3 Å². The molecule has 0 radical (unpaired) electrons. The molecule has 0 spiro atoms. The van der Waals surface area contributed by atoms with Crippen LogP contribution in [0.3, 0.4) is 0 Å². The molecule has 6 aromatic rings. The summed E-state index contributed by atoms with van der Waals surface area (Å²) in [4.78, 5) is 23.3. The molecular formula is C25H15ClF4N8O. The highest BCUT2D eigenvalue weighted by molar-refractivity contribution is 6.33. The summed E-state index contributed by atoms with van der Waals surface area (Å²) in [6.45, 7) is 2.16. The van der Waals surface area contributed by atoms with Crippen molar-refractivity contribution in [2.24, 2.45) is 0 Å². The van der Waals surface area contributed by atoms with E-state index >= 15 is 0 Å². The largest absolute Gasteiger partial charge is 0.434 e. The lowest BCUT2D eigenvalue weighted by Crippen LogP contribution is -2.18. The second-order valence-electron chi connectivity index (χ2n) is 8.45. The number of benzene rings is 1. The van der Waals surface area contributed by atoms with Crippen LogP contribution in [0.15, 0.2) is 61.4 Å². The Kier molecular flexibility index (Phi) is 5.68. The van der Waals surface area contributed by atoms with Crippen molar-refractivity contribution in [3.8, 4) is 11.5 Å². The van der Waals surface area contributed by atoms with Gasteiger partial charge in [0.05, 0.1) is 41.1 Å². The third kappa shape index (κ3) is 3.93. The molecule has 0 aliphatic rings. The van der Waals surface area contributed by atoms with Gasteiger partial charge in [0, 0.05) is 40.7 Å². The number of hydrogen-bond donors (Lipinski definition) is 0. The highest BCUT2D eigenvalue weighted by Crippen LogP contribution is 2.37. The number of fused-ring (bicyclic) bond motifs is 2. The molecule has 0 N–H and O–H groups in total. The number of ketones is 1. The Bertz CT molecular complexity index is 1890. The number of aromatic nitrogens is 8. The molecule has 6 rings (SSSR count). The van der Waals surface area contributed by atoms with Crippen molar-refractivity contribution in [3.05, 3.63) is 89.1 Å². The number of carbonyl (C=O) groups excluding carboxylic acids is 1. The predicted molar refractivity (Wildman–Crippen MR) is 133 cm³/mol. The van der Waals surface area contributed by atoms with Gasteiger partial charge in [0.2, 0.25) is 0 Å². The molecule has 0 fully saturated rings. The Labute approximate surface area is 221 Å². The smallest absolute Gasteiger partial charge is 0.332 e. The summed E-state index contributed by atoms with van der Waals surface area (Å²) < 4.78 is 59.9. The molecule has 1 aromatic carbocycles. The number of alkyl halides is 3. The van der Waals surface area contributed by atoms with Gasteiger partial charge in [-0.05, 0) is 19.1 Å². The van der Waals surface area contributed by atoms with Crippen molar-refractivity contribution < 1.29 is 22.4 Å². The molecule has 14 heteroatoms. The van der Waals surface area contributed by atoms with Crippen LogP contribution in [-0.2, 0) is 12.7 Å². The van der Waals surface area contributed by atoms with E-state index in [1.165, 1.54) is 53.8 Å². The summed E-state index contributed by atoms with van der Waals surface area (Å²) in [5, 5.41) is 12.4. The predicted octanol–water partition coefficient (Wildman–Crippen LogP) is 5.41. The van der Waals surface area contributed by atoms with Gasteiger partial charge in [0.25, 0.3) is 0 Å². The van der Waals surface area contributed by atoms with Gasteiger partial charge in [-0.15, -0.1) is 4.80 Å². The van der Waals surface area contributed by atoms with E-state index in [0.29, 0.717) is 16.9 Å². The van der Waals surface area contributed by atoms with Crippen molar-refractivity contribution in [3.63, 3.8) is 0 Å². The van der Waals surface area contributed by atoms with Crippen molar-refractivity contribution >= 4 is 39.2 Å². The van der Waals surface area contributed by atoms with Crippen molar-refractivity contribution in [2.45, 2.75) is 19.6 Å². The van der Waals surface area contributed by atoms with Crippen LogP contribution in [0.4, 0.5) is 17.6 Å². The summed E-state index contributed by atoms with van der Waals surface area (Å²) >= 11 is 6.41. The lowest BCUT2D eigenvalue weighted by Gasteiger charge is -2.14. The van der Waals surface area contributed by atoms with E-state index in [1.807, 2.05) is 0 Å². The third-order valence-corrected chi connectivity index (χ3v) is 6.50. The van der Waals surface area contributed by atoms with E-state index in [1.54, 1.807) is 11.5 Å². The fraction of sp³-hybridized carbons (Fsp3) is 0.120. The zero-order valence-electron chi connectivity index (χ0n) is 19.9. The van der Waals surface area contributed by atoms with Crippen LogP contribution < -0.4 is 0 Å². The molecule has 0 aliphatic heterocycles. The number of halogens is 5. The van der Waals surface area contributed by atoms with E-state index in [-0.39, 0.29) is 38.3 Å². The summed E-state index contributed by atoms with van der Waals surface area (Å²) in [6.07, 6.45) is 2.49. The molecule has 5 aromatic heterocycles. The second-order valence-corrected chi connectivity index (χ2v) is 8.86. The van der Waals surface area contributed by atoms with Crippen LogP contribution in [0.2, 0.25) is 5.02 Å². The average molecular weight is 555 g/mol. The molecule has 0 saturated carbocycles. The monoisotopic (exact) mass is 554 g/mol. The first-order chi connectivity index (χ1) is 18.7. The Morgan fingerprint density at radius 3 is 2.49 bits per heavy atom. The van der Waals surface area contributed by atoms with Crippen LogP contribution >= 0.6 is 11.6 Å². The van der Waals surface area contributed by atoms with E-state index in [0.717, 1.165) is 12.4 Å². The van der Waals surface area contributed by atoms with Crippen LogP contribution in [-0.4, -0.2) is 45.1 Å². The molecule has 39 heavy (non-hydrogen) atoms. The summed E-state index contributed by atoms with van der Waals surface area (Å²) in [6, 6.07) is 5.44. The van der Waals surface area contributed by atoms with Crippen LogP contribution in [0.25, 0.3) is 33.3 Å². The number of pyridine rings is 2. The lowest BCUT2D eigenvalue weighted by molar-refractivity contribution is -0.143. The van der Waals surface area contributed by atoms with Crippen molar-refractivity contribution in [2.75, 3.05) is 0 Å². The maximum absolute atomic E-state index is 14.5. The van der Waals surface area contributed by atoms with Crippen LogP contribution in [0, 0.1) is 5.82 Å². The number of aryl methyl sites for hydroxylation is 1. The van der Waals surface area contributed by atoms with E-state index in [9.17, 15) is 22.4 Å². The Hall–Kier alpha value is -4.65. The van der Waals surface area contributed by atoms with Gasteiger partial charge in [-0.2, -0.15) is 28.5 Å². The Morgan fingerprint density at radius 1 is 1.00 bits per heavy atom. The first-order valence-electron chi connectivity index (χ1n) is 11.5. The minimum absolute atomic E-state index is 0.0145. The minimum atomic E-state index is -4.99. The Morgan fingerprint density at radius 2 is 1.77 bits per heavy atom. The maximum atomic E-state index is 14.5. The summed E-state index contributed by atoms with van der Waals surface area (Å²) in [5.41, 5.74) is -1.88. The summed E-state index contributed by atoms with van der Waals surface area (Å²) in [7, 11) is 0. The molecule has 0 bridgehead atoms. The number of carbonyl (C=O) groups is 1. The highest BCUT2D eigenvalue weighted by Gasteiger charge is 2.41. The zero-order chi connectivity index (χ0) is 27.5. The SMILES string of the molecule is CCn1cc(C(=O)c2cnn(-c3cncc4c(F)cccc34)c2C(F)(F)F)c2cc(Cl)c(-n3nccn3)nc21. The molecule has 0 unspecified atom stereocenters. The fourth-order valence-electron chi connectivity index (χ4n) is 4.49. The number of hydrogen-bond acceptors (Lipinski definition) is 6. The molecule has 0 atom stereocenters. The highest BCUT2D eigenvalue weighted by atomic mass is 35.5. The molecule has 0 amide bonds. The van der Waals surface area contributed by atoms with Gasteiger partial charge in [-0.3, -0.25) is 9.78 Å². The topological polar surface area (TPSA) is 96.3 Å². The standard InChI is InChI=1S/C25H15ClF4N8O/c1-2-36-12-17(14-8-18(26)24(35-23(14)36)38-32-6-7-33-38)21(39)16-10-34-37(22(16)25(28,29)30)20-11-31-9-15-13(20)4-3-5-19(15)27/h3-12H,2H2,1H3. The molecule has 5 heterocycles. The van der Waals surface area contributed by atoms with E-state index in [4.69, 9.17) is 11.6 Å². The van der Waals surface area contributed by atoms with E-state index in [2.05, 4.69) is 25.3 Å². The lowest BCUT2D eigenvalue weighted by atomic mass is 10.0. The molecule has 196 valence electrons. The first-order valence-corrected chi connectivity index (χ1v) is 11.9. The van der Waals surface area contributed by atoms with E-state index < -0.39 is 29.0 Å². The fourth-order valence-corrected chi connectivity index (χ4v) is 4.72. The molecule has 0 saturated heterocycles. The third-order valence-electron chi connectivity index (χ3n) is 6.22. The van der Waals surface area contributed by atoms with Crippen molar-refractivity contribution in [1.29, 1.82) is 0 Å². The summed E-state index contributed by atoms with van der Waals surface area (Å²) in [5.74, 6) is -1.39. The Balaban J connectivity index is 1.55. The molecule has 9 nitrogen and oxygen atoms in total. The molecule has 0 aliphatic carbocycles. The van der Waals surface area contributed by atoms with Gasteiger partial charge >= 0.3 is 6.18 Å². The quantitative estimate of drug-likeness (QED) is 0.209. The van der Waals surface area contributed by atoms with Crippen LogP contribution in [0.1, 0.15) is 28.5 Å². The zero-order valence-corrected chi connectivity index (χ0v) is 20.6. The first kappa shape index (κ1) is 24.7. The van der Waals surface area contributed by atoms with Crippen LogP contribution in [0.5, 0.6) is 0 Å². The van der Waals surface area contributed by atoms with Gasteiger partial charge in [0.15, 0.2) is 17.3 Å². The molecular weight excluding hydrogens is 540 g/mol. The number of rotatable bonds is 5. The van der Waals surface area contributed by atoms with Gasteiger partial charge < -0.3 is 4.57 Å². The number of nitrogens with zero attached hydrogens (tertiary/aromatic N) is 8. The second kappa shape index (κ2) is 8.98. The normalized spacial score (nSPS) is 12.1. The van der Waals surface area contributed by atoms with Gasteiger partial charge in [0.1, 0.15) is 11.5 Å². The minimum Gasteiger partial charge on any atom is -0.332 e. The maximum Gasteiger partial charge on any atom is 0.434 e. The van der Waals surface area contributed by atoms with Gasteiger partial charge in [-0.1, -0.05) is 23.7 Å².